The van der Waals surface area contributed by atoms with Crippen LogP contribution in [0.15, 0.2) is 57.9 Å². The fourth-order valence-electron chi connectivity index (χ4n) is 3.81. The summed E-state index contributed by atoms with van der Waals surface area (Å²) in [5.41, 5.74) is 1.81. The van der Waals surface area contributed by atoms with E-state index < -0.39 is 5.97 Å². The molecule has 0 unspecified atom stereocenters. The van der Waals surface area contributed by atoms with E-state index >= 15 is 0 Å². The van der Waals surface area contributed by atoms with E-state index in [2.05, 4.69) is 15.9 Å². The zero-order valence-electron chi connectivity index (χ0n) is 18.0. The molecule has 172 valence electrons. The highest BCUT2D eigenvalue weighted by Crippen LogP contribution is 2.35. The van der Waals surface area contributed by atoms with E-state index in [9.17, 15) is 9.59 Å². The Morgan fingerprint density at radius 3 is 2.67 bits per heavy atom. The Morgan fingerprint density at radius 1 is 1.15 bits per heavy atom. The maximum atomic E-state index is 13.0. The number of carbonyl (C=O) groups is 2. The summed E-state index contributed by atoms with van der Waals surface area (Å²) in [4.78, 5) is 27.2. The molecule has 0 radical (unpaired) electrons. The van der Waals surface area contributed by atoms with Gasteiger partial charge in [-0.25, -0.2) is 0 Å². The van der Waals surface area contributed by atoms with Crippen LogP contribution >= 0.6 is 39.9 Å². The monoisotopic (exact) mass is 545 g/mol. The molecule has 2 aliphatic rings. The van der Waals surface area contributed by atoms with Gasteiger partial charge in [-0.2, -0.15) is 0 Å². The minimum absolute atomic E-state index is 0.0498. The van der Waals surface area contributed by atoms with Gasteiger partial charge in [0.2, 0.25) is 0 Å². The Labute approximate surface area is 211 Å². The maximum absolute atomic E-state index is 13.0. The Morgan fingerprint density at radius 2 is 1.91 bits per heavy atom. The first kappa shape index (κ1) is 24.0. The quantitative estimate of drug-likeness (QED) is 0.238. The lowest BCUT2D eigenvalue weighted by Crippen LogP contribution is -2.36. The third-order valence-electron chi connectivity index (χ3n) is 5.51. The second-order valence-corrected chi connectivity index (χ2v) is 10.6. The van der Waals surface area contributed by atoms with Crippen LogP contribution in [-0.4, -0.2) is 33.7 Å². The van der Waals surface area contributed by atoms with Gasteiger partial charge in [0.05, 0.1) is 4.91 Å². The number of benzene rings is 2. The summed E-state index contributed by atoms with van der Waals surface area (Å²) >= 11 is 10.1. The van der Waals surface area contributed by atoms with Gasteiger partial charge < -0.3 is 9.47 Å². The Hall–Kier alpha value is -2.16. The van der Waals surface area contributed by atoms with E-state index in [0.29, 0.717) is 21.6 Å². The fourth-order valence-corrected chi connectivity index (χ4v) is 5.44. The molecule has 0 N–H and O–H groups in total. The van der Waals surface area contributed by atoms with Crippen molar-refractivity contribution in [2.75, 3.05) is 6.54 Å². The van der Waals surface area contributed by atoms with Gasteiger partial charge in [0.25, 0.3) is 5.91 Å². The van der Waals surface area contributed by atoms with Gasteiger partial charge in [-0.15, -0.1) is 0 Å². The summed E-state index contributed by atoms with van der Waals surface area (Å²) in [6.07, 6.45) is 6.81. The van der Waals surface area contributed by atoms with Crippen molar-refractivity contribution in [2.24, 2.45) is 0 Å². The van der Waals surface area contributed by atoms with E-state index in [4.69, 9.17) is 21.7 Å². The molecule has 0 bridgehead atoms. The average Bonchev–Trinajstić information content (AvgIpc) is 3.07. The van der Waals surface area contributed by atoms with Gasteiger partial charge in [-0.1, -0.05) is 76.7 Å². The Balaban J connectivity index is 1.45. The zero-order chi connectivity index (χ0) is 23.2. The van der Waals surface area contributed by atoms with Crippen LogP contribution in [0.25, 0.3) is 6.08 Å². The van der Waals surface area contributed by atoms with Crippen molar-refractivity contribution < 1.29 is 19.1 Å². The smallest absolute Gasteiger partial charge is 0.326 e. The molecule has 5 nitrogen and oxygen atoms in total. The van der Waals surface area contributed by atoms with Crippen molar-refractivity contribution in [1.82, 2.24) is 4.90 Å². The van der Waals surface area contributed by atoms with Crippen molar-refractivity contribution in [1.29, 1.82) is 0 Å². The van der Waals surface area contributed by atoms with Crippen LogP contribution in [0, 0.1) is 0 Å². The predicted octanol–water partition coefficient (Wildman–Crippen LogP) is 6.11. The summed E-state index contributed by atoms with van der Waals surface area (Å²) in [5, 5.41) is 0. The molecule has 4 rings (SSSR count). The van der Waals surface area contributed by atoms with Crippen LogP contribution < -0.4 is 4.74 Å². The van der Waals surface area contributed by atoms with Crippen LogP contribution in [0.4, 0.5) is 0 Å². The van der Waals surface area contributed by atoms with Crippen LogP contribution in [-0.2, 0) is 20.9 Å². The van der Waals surface area contributed by atoms with E-state index in [1.54, 1.807) is 6.08 Å². The standard InChI is InChI=1S/C25H24BrNO4S2/c26-19-11-12-21(30-16-17-7-3-1-4-8-17)18(13-19)14-22-24(29)27(25(32)33-22)15-23(28)31-20-9-5-2-6-10-20/h1,3-4,7-8,11-14,20H,2,5-6,9-10,15-16H2/b22-14-. The number of ether oxygens (including phenoxy) is 2. The second-order valence-electron chi connectivity index (χ2n) is 7.97. The fraction of sp³-hybridized carbons (Fsp3) is 0.320. The number of amides is 1. The minimum atomic E-state index is -0.409. The van der Waals surface area contributed by atoms with Gasteiger partial charge in [-0.05, 0) is 55.5 Å². The third kappa shape index (κ3) is 6.46. The lowest BCUT2D eigenvalue weighted by molar-refractivity contribution is -0.152. The van der Waals surface area contributed by atoms with E-state index in [0.717, 1.165) is 41.3 Å². The summed E-state index contributed by atoms with van der Waals surface area (Å²) in [6.45, 7) is 0.256. The highest BCUT2D eigenvalue weighted by molar-refractivity contribution is 9.10. The number of rotatable bonds is 7. The van der Waals surface area contributed by atoms with E-state index in [1.165, 1.54) is 23.1 Å². The highest BCUT2D eigenvalue weighted by atomic mass is 79.9. The molecule has 2 fully saturated rings. The van der Waals surface area contributed by atoms with Crippen LogP contribution in [0.2, 0.25) is 0 Å². The van der Waals surface area contributed by atoms with Crippen molar-refractivity contribution in [3.8, 4) is 5.75 Å². The van der Waals surface area contributed by atoms with Gasteiger partial charge in [-0.3, -0.25) is 14.5 Å². The third-order valence-corrected chi connectivity index (χ3v) is 7.38. The van der Waals surface area contributed by atoms with Gasteiger partial charge in [0, 0.05) is 10.0 Å². The van der Waals surface area contributed by atoms with Crippen LogP contribution in [0.1, 0.15) is 43.2 Å². The first-order valence-corrected chi connectivity index (χ1v) is 12.9. The molecule has 0 atom stereocenters. The first-order valence-electron chi connectivity index (χ1n) is 10.9. The molecule has 1 saturated carbocycles. The molecule has 1 aliphatic carbocycles. The van der Waals surface area contributed by atoms with Crippen LogP contribution in [0.3, 0.4) is 0 Å². The molecule has 8 heteroatoms. The van der Waals surface area contributed by atoms with Crippen LogP contribution in [0.5, 0.6) is 5.75 Å². The van der Waals surface area contributed by atoms with Gasteiger partial charge in [0.15, 0.2) is 0 Å². The number of hydrogen-bond donors (Lipinski definition) is 0. The molecule has 1 aliphatic heterocycles. The molecular weight excluding hydrogens is 522 g/mol. The summed E-state index contributed by atoms with van der Waals surface area (Å²) in [5.74, 6) is -0.0441. The Bertz CT molecular complexity index is 1070. The highest BCUT2D eigenvalue weighted by Gasteiger charge is 2.34. The first-order chi connectivity index (χ1) is 16.0. The lowest BCUT2D eigenvalue weighted by Gasteiger charge is -2.23. The molecule has 0 spiro atoms. The molecule has 0 aromatic heterocycles. The molecule has 2 aromatic rings. The van der Waals surface area contributed by atoms with Crippen molar-refractivity contribution >= 4 is 62.2 Å². The summed E-state index contributed by atoms with van der Waals surface area (Å²) in [7, 11) is 0. The van der Waals surface area contributed by atoms with Crippen molar-refractivity contribution in [3.63, 3.8) is 0 Å². The number of esters is 1. The van der Waals surface area contributed by atoms with E-state index in [-0.39, 0.29) is 18.6 Å². The summed E-state index contributed by atoms with van der Waals surface area (Å²) < 4.78 is 12.8. The average molecular weight is 547 g/mol. The SMILES string of the molecule is O=C(CN1C(=O)/C(=C/c2cc(Br)ccc2OCc2ccccc2)SC1=S)OC1CCCCC1. The van der Waals surface area contributed by atoms with Crippen molar-refractivity contribution in [2.45, 2.75) is 44.8 Å². The number of nitrogens with zero attached hydrogens (tertiary/aromatic N) is 1. The number of halogens is 1. The normalized spacial score (nSPS) is 18.1. The van der Waals surface area contributed by atoms with Crippen molar-refractivity contribution in [3.05, 3.63) is 69.0 Å². The molecule has 2 aromatic carbocycles. The largest absolute Gasteiger partial charge is 0.488 e. The van der Waals surface area contributed by atoms with Gasteiger partial charge >= 0.3 is 5.97 Å². The number of hydrogen-bond acceptors (Lipinski definition) is 6. The molecule has 1 heterocycles. The van der Waals surface area contributed by atoms with E-state index in [1.807, 2.05) is 48.5 Å². The number of thioether (sulfide) groups is 1. The predicted molar refractivity (Wildman–Crippen MR) is 138 cm³/mol. The lowest BCUT2D eigenvalue weighted by atomic mass is 9.98. The number of thiocarbonyl (C=S) groups is 1. The minimum Gasteiger partial charge on any atom is -0.488 e. The second kappa shape index (κ2) is 11.3. The maximum Gasteiger partial charge on any atom is 0.326 e. The molecule has 1 amide bonds. The Kier molecular flexibility index (Phi) is 8.22. The zero-order valence-corrected chi connectivity index (χ0v) is 21.2. The van der Waals surface area contributed by atoms with Gasteiger partial charge in [0.1, 0.15) is 29.3 Å². The summed E-state index contributed by atoms with van der Waals surface area (Å²) in [6, 6.07) is 15.5. The molecule has 1 saturated heterocycles. The molecular formula is C25H24BrNO4S2. The molecule has 33 heavy (non-hydrogen) atoms. The topological polar surface area (TPSA) is 55.8 Å². The number of carbonyl (C=O) groups excluding carboxylic acids is 2.